The Bertz CT molecular complexity index is 4560. The number of benzene rings is 11. The summed E-state index contributed by atoms with van der Waals surface area (Å²) >= 11 is 0. The first-order chi connectivity index (χ1) is 36.2. The second kappa shape index (κ2) is 16.4. The third-order valence-electron chi connectivity index (χ3n) is 14.8. The molecule has 0 aliphatic carbocycles. The average molecular weight is 930 g/mol. The van der Waals surface area contributed by atoms with Gasteiger partial charge in [0, 0.05) is 66.1 Å². The molecule has 5 nitrogen and oxygen atoms in total. The van der Waals surface area contributed by atoms with Crippen molar-refractivity contribution in [1.82, 2.24) is 23.7 Å². The fourth-order valence-electron chi connectivity index (χ4n) is 11.4. The SMILES string of the molecule is c1ccc(-c2nc(-c3ccc(-n4c5ccccc5c5ccccc54)cc3)cc(-c3cc(-n4c5ccccc5c5ccccc54)cc(-n4c5ccccc5c5cc(-c6ccc7ccccc7c6)ccc54)c3)n2)cc1. The van der Waals surface area contributed by atoms with Crippen LogP contribution >= 0.6 is 0 Å². The van der Waals surface area contributed by atoms with E-state index in [0.717, 1.165) is 67.2 Å². The molecule has 0 bridgehead atoms. The summed E-state index contributed by atoms with van der Waals surface area (Å²) in [5.74, 6) is 0.668. The third kappa shape index (κ3) is 6.63. The number of aromatic nitrogens is 5. The molecule has 0 atom stereocenters. The second-order valence-electron chi connectivity index (χ2n) is 19.0. The molecule has 4 heterocycles. The summed E-state index contributed by atoms with van der Waals surface area (Å²) in [6.07, 6.45) is 0. The minimum atomic E-state index is 0.668. The number of hydrogen-bond donors (Lipinski definition) is 0. The van der Waals surface area contributed by atoms with Crippen molar-refractivity contribution >= 4 is 76.2 Å². The minimum Gasteiger partial charge on any atom is -0.309 e. The van der Waals surface area contributed by atoms with Gasteiger partial charge >= 0.3 is 0 Å². The monoisotopic (exact) mass is 929 g/mol. The van der Waals surface area contributed by atoms with Crippen LogP contribution in [0.25, 0.3) is 138 Å². The van der Waals surface area contributed by atoms with Crippen LogP contribution in [0.2, 0.25) is 0 Å². The van der Waals surface area contributed by atoms with Gasteiger partial charge in [0.15, 0.2) is 5.82 Å². The van der Waals surface area contributed by atoms with E-state index in [-0.39, 0.29) is 0 Å². The summed E-state index contributed by atoms with van der Waals surface area (Å²) in [6, 6.07) is 94.1. The van der Waals surface area contributed by atoms with Crippen LogP contribution in [0, 0.1) is 0 Å². The van der Waals surface area contributed by atoms with Gasteiger partial charge in [0.1, 0.15) is 0 Å². The maximum absolute atomic E-state index is 5.45. The number of para-hydroxylation sites is 5. The van der Waals surface area contributed by atoms with Crippen molar-refractivity contribution in [3.8, 4) is 62.1 Å². The Balaban J connectivity index is 0.952. The molecule has 15 rings (SSSR count). The van der Waals surface area contributed by atoms with Crippen molar-refractivity contribution in [1.29, 1.82) is 0 Å². The first-order valence-corrected chi connectivity index (χ1v) is 24.9. The number of fused-ring (bicyclic) bond motifs is 10. The van der Waals surface area contributed by atoms with Gasteiger partial charge in [0.05, 0.1) is 44.5 Å². The molecule has 11 aromatic carbocycles. The molecule has 0 aliphatic rings. The van der Waals surface area contributed by atoms with Crippen LogP contribution in [-0.4, -0.2) is 23.7 Å². The average Bonchev–Trinajstić information content (AvgIpc) is 4.12. The summed E-state index contributed by atoms with van der Waals surface area (Å²) in [5.41, 5.74) is 17.1. The van der Waals surface area contributed by atoms with Gasteiger partial charge in [-0.1, -0.05) is 176 Å². The van der Waals surface area contributed by atoms with Crippen LogP contribution in [0.1, 0.15) is 0 Å². The predicted octanol–water partition coefficient (Wildman–Crippen LogP) is 17.6. The van der Waals surface area contributed by atoms with Gasteiger partial charge in [-0.25, -0.2) is 9.97 Å². The van der Waals surface area contributed by atoms with Crippen LogP contribution in [0.4, 0.5) is 0 Å². The van der Waals surface area contributed by atoms with E-state index in [1.807, 2.05) is 6.07 Å². The molecule has 0 saturated carbocycles. The zero-order valence-corrected chi connectivity index (χ0v) is 39.6. The molecule has 340 valence electrons. The zero-order valence-electron chi connectivity index (χ0n) is 39.6. The van der Waals surface area contributed by atoms with Gasteiger partial charge in [-0.05, 0) is 107 Å². The molecule has 15 aromatic rings. The van der Waals surface area contributed by atoms with Crippen LogP contribution < -0.4 is 0 Å². The second-order valence-corrected chi connectivity index (χ2v) is 19.0. The van der Waals surface area contributed by atoms with Crippen LogP contribution in [0.5, 0.6) is 0 Å². The summed E-state index contributed by atoms with van der Waals surface area (Å²) in [6.45, 7) is 0. The van der Waals surface area contributed by atoms with Crippen molar-refractivity contribution in [2.24, 2.45) is 0 Å². The van der Waals surface area contributed by atoms with Gasteiger partial charge < -0.3 is 13.7 Å². The Morgan fingerprint density at radius 2 is 0.630 bits per heavy atom. The van der Waals surface area contributed by atoms with E-state index in [1.165, 1.54) is 65.3 Å². The standard InChI is InChI=1S/C68H43N5/c1-2-17-46(18-3-1)68-69-60(45-32-35-51(36-33-45)71-62-25-11-6-20-54(62)55-21-7-12-26-63(55)71)43-61(70-68)50-39-52(72-64-27-13-8-22-56(64)57-23-9-14-28-65(57)72)42-53(40-50)73-66-29-15-10-24-58(66)59-41-49(34-37-67(59)73)48-31-30-44-16-4-5-19-47(44)38-48/h1-43H. The molecule has 0 N–H and O–H groups in total. The van der Waals surface area contributed by atoms with E-state index >= 15 is 0 Å². The lowest BCUT2D eigenvalue weighted by atomic mass is 9.99. The Labute approximate surface area is 420 Å². The highest BCUT2D eigenvalue weighted by Gasteiger charge is 2.20. The number of rotatable bonds is 7. The fourth-order valence-corrected chi connectivity index (χ4v) is 11.4. The van der Waals surface area contributed by atoms with E-state index < -0.39 is 0 Å². The summed E-state index contributed by atoms with van der Waals surface area (Å²) in [7, 11) is 0. The van der Waals surface area contributed by atoms with E-state index in [2.05, 4.69) is 268 Å². The van der Waals surface area contributed by atoms with E-state index in [0.29, 0.717) is 5.82 Å². The van der Waals surface area contributed by atoms with Crippen molar-refractivity contribution in [2.45, 2.75) is 0 Å². The van der Waals surface area contributed by atoms with Crippen molar-refractivity contribution in [3.05, 3.63) is 261 Å². The number of hydrogen-bond acceptors (Lipinski definition) is 2. The van der Waals surface area contributed by atoms with Crippen molar-refractivity contribution in [2.75, 3.05) is 0 Å². The molecule has 4 aromatic heterocycles. The molecular formula is C68H43N5. The quantitative estimate of drug-likeness (QED) is 0.160. The molecule has 0 fully saturated rings. The third-order valence-corrected chi connectivity index (χ3v) is 14.8. The topological polar surface area (TPSA) is 40.6 Å². The Kier molecular flexibility index (Phi) is 9.19. The lowest BCUT2D eigenvalue weighted by Gasteiger charge is -2.16. The fraction of sp³-hybridized carbons (Fsp3) is 0. The Morgan fingerprint density at radius 1 is 0.219 bits per heavy atom. The summed E-state index contributed by atoms with van der Waals surface area (Å²) < 4.78 is 7.20. The predicted molar refractivity (Wildman–Crippen MR) is 304 cm³/mol. The molecule has 0 unspecified atom stereocenters. The van der Waals surface area contributed by atoms with Gasteiger partial charge in [-0.15, -0.1) is 0 Å². The van der Waals surface area contributed by atoms with Crippen LogP contribution in [0.15, 0.2) is 261 Å². The first-order valence-electron chi connectivity index (χ1n) is 24.9. The van der Waals surface area contributed by atoms with Gasteiger partial charge in [-0.2, -0.15) is 0 Å². The molecule has 0 aliphatic heterocycles. The first kappa shape index (κ1) is 41.0. The maximum Gasteiger partial charge on any atom is 0.160 e. The summed E-state index contributed by atoms with van der Waals surface area (Å²) in [5, 5.41) is 9.77. The van der Waals surface area contributed by atoms with Crippen molar-refractivity contribution < 1.29 is 0 Å². The lowest BCUT2D eigenvalue weighted by Crippen LogP contribution is -2.02. The lowest BCUT2D eigenvalue weighted by molar-refractivity contribution is 1.13. The zero-order chi connectivity index (χ0) is 48.0. The van der Waals surface area contributed by atoms with Crippen molar-refractivity contribution in [3.63, 3.8) is 0 Å². The molecule has 0 spiro atoms. The number of nitrogens with zero attached hydrogens (tertiary/aromatic N) is 5. The molecule has 5 heteroatoms. The van der Waals surface area contributed by atoms with Gasteiger partial charge in [0.25, 0.3) is 0 Å². The highest BCUT2D eigenvalue weighted by atomic mass is 15.0. The normalized spacial score (nSPS) is 11.8. The highest BCUT2D eigenvalue weighted by Crippen LogP contribution is 2.40. The Hall–Kier alpha value is -9.84. The Morgan fingerprint density at radius 3 is 1.19 bits per heavy atom. The van der Waals surface area contributed by atoms with Gasteiger partial charge in [0.2, 0.25) is 0 Å². The maximum atomic E-state index is 5.45. The molecule has 73 heavy (non-hydrogen) atoms. The summed E-state index contributed by atoms with van der Waals surface area (Å²) in [4.78, 5) is 10.8. The van der Waals surface area contributed by atoms with Crippen LogP contribution in [-0.2, 0) is 0 Å². The molecule has 0 amide bonds. The van der Waals surface area contributed by atoms with E-state index in [4.69, 9.17) is 9.97 Å². The smallest absolute Gasteiger partial charge is 0.160 e. The molecule has 0 saturated heterocycles. The van der Waals surface area contributed by atoms with Crippen LogP contribution in [0.3, 0.4) is 0 Å². The molecular weight excluding hydrogens is 887 g/mol. The van der Waals surface area contributed by atoms with Gasteiger partial charge in [-0.3, -0.25) is 0 Å². The minimum absolute atomic E-state index is 0.668. The highest BCUT2D eigenvalue weighted by molar-refractivity contribution is 6.12. The van der Waals surface area contributed by atoms with E-state index in [1.54, 1.807) is 0 Å². The largest absolute Gasteiger partial charge is 0.309 e. The van der Waals surface area contributed by atoms with E-state index in [9.17, 15) is 0 Å². The molecule has 0 radical (unpaired) electrons.